The summed E-state index contributed by atoms with van der Waals surface area (Å²) in [5.74, 6) is 0.209. The molecule has 0 N–H and O–H groups in total. The minimum absolute atomic E-state index is 0.0534. The molecule has 1 heterocycles. The molecule has 2 atom stereocenters. The number of hydrogen-bond acceptors (Lipinski definition) is 2. The van der Waals surface area contributed by atoms with Crippen molar-refractivity contribution in [3.63, 3.8) is 0 Å². The van der Waals surface area contributed by atoms with Gasteiger partial charge >= 0.3 is 5.97 Å². The topological polar surface area (TPSA) is 26.3 Å². The van der Waals surface area contributed by atoms with Crippen molar-refractivity contribution in [2.45, 2.75) is 38.2 Å². The van der Waals surface area contributed by atoms with Crippen LogP contribution in [0, 0.1) is 0 Å². The van der Waals surface area contributed by atoms with Gasteiger partial charge in [-0.25, -0.2) is 0 Å². The molecule has 80 valence electrons. The summed E-state index contributed by atoms with van der Waals surface area (Å²) in [6.07, 6.45) is 2.64. The first-order valence-corrected chi connectivity index (χ1v) is 5.55. The lowest BCUT2D eigenvalue weighted by atomic mass is 9.90. The summed E-state index contributed by atoms with van der Waals surface area (Å²) in [6.45, 7) is 2.12. The number of benzene rings is 1. The molecule has 0 radical (unpaired) electrons. The molecule has 0 saturated carbocycles. The Morgan fingerprint density at radius 3 is 2.73 bits per heavy atom. The van der Waals surface area contributed by atoms with Crippen LogP contribution in [0.1, 0.15) is 37.7 Å². The van der Waals surface area contributed by atoms with E-state index >= 15 is 0 Å². The molecule has 1 saturated heterocycles. The molecule has 1 aromatic carbocycles. The van der Waals surface area contributed by atoms with Crippen molar-refractivity contribution in [1.82, 2.24) is 0 Å². The third-order valence-corrected chi connectivity index (χ3v) is 2.92. The first kappa shape index (κ1) is 10.2. The van der Waals surface area contributed by atoms with Crippen LogP contribution in [0.25, 0.3) is 0 Å². The van der Waals surface area contributed by atoms with Gasteiger partial charge in [0.15, 0.2) is 0 Å². The number of carbonyl (C=O) groups excluding carboxylic acids is 1. The van der Waals surface area contributed by atoms with Crippen LogP contribution in [-0.2, 0) is 9.53 Å². The van der Waals surface area contributed by atoms with E-state index in [4.69, 9.17) is 4.74 Å². The van der Waals surface area contributed by atoms with Gasteiger partial charge < -0.3 is 4.74 Å². The van der Waals surface area contributed by atoms with Gasteiger partial charge in [0.25, 0.3) is 0 Å². The third-order valence-electron chi connectivity index (χ3n) is 2.92. The average Bonchev–Trinajstić information content (AvgIpc) is 2.62. The Kier molecular flexibility index (Phi) is 3.05. The molecule has 2 nitrogen and oxygen atoms in total. The van der Waals surface area contributed by atoms with Gasteiger partial charge in [0.2, 0.25) is 0 Å². The van der Waals surface area contributed by atoms with Gasteiger partial charge in [-0.15, -0.1) is 0 Å². The molecule has 2 rings (SSSR count). The molecule has 0 bridgehead atoms. The Hall–Kier alpha value is -1.31. The molecule has 0 unspecified atom stereocenters. The van der Waals surface area contributed by atoms with Crippen LogP contribution >= 0.6 is 0 Å². The van der Waals surface area contributed by atoms with Crippen molar-refractivity contribution in [1.29, 1.82) is 0 Å². The molecule has 15 heavy (non-hydrogen) atoms. The zero-order chi connectivity index (χ0) is 10.7. The predicted molar refractivity (Wildman–Crippen MR) is 58.6 cm³/mol. The summed E-state index contributed by atoms with van der Waals surface area (Å²) in [5.41, 5.74) is 1.22. The largest absolute Gasteiger partial charge is 0.462 e. The summed E-state index contributed by atoms with van der Waals surface area (Å²) in [7, 11) is 0. The highest BCUT2D eigenvalue weighted by molar-refractivity contribution is 5.73. The molecule has 0 aliphatic carbocycles. The summed E-state index contributed by atoms with van der Waals surface area (Å²) < 4.78 is 5.33. The first-order valence-electron chi connectivity index (χ1n) is 5.55. The highest BCUT2D eigenvalue weighted by atomic mass is 16.5. The van der Waals surface area contributed by atoms with E-state index < -0.39 is 0 Å². The number of rotatable bonds is 3. The molecule has 1 aliphatic rings. The van der Waals surface area contributed by atoms with Crippen LogP contribution in [0.5, 0.6) is 0 Å². The third kappa shape index (κ3) is 2.20. The van der Waals surface area contributed by atoms with Crippen LogP contribution < -0.4 is 0 Å². The van der Waals surface area contributed by atoms with Crippen LogP contribution in [0.15, 0.2) is 30.3 Å². The van der Waals surface area contributed by atoms with Crippen molar-refractivity contribution in [2.75, 3.05) is 0 Å². The van der Waals surface area contributed by atoms with Crippen LogP contribution in [0.4, 0.5) is 0 Å². The summed E-state index contributed by atoms with van der Waals surface area (Å²) in [4.78, 5) is 11.3. The maximum Gasteiger partial charge on any atom is 0.306 e. The number of cyclic esters (lactones) is 1. The van der Waals surface area contributed by atoms with E-state index in [1.54, 1.807) is 0 Å². The molecular weight excluding hydrogens is 188 g/mol. The van der Waals surface area contributed by atoms with E-state index in [9.17, 15) is 4.79 Å². The Bertz CT molecular complexity index is 332. The Labute approximate surface area is 90.3 Å². The number of esters is 1. The predicted octanol–water partition coefficient (Wildman–Crippen LogP) is 2.89. The molecular formula is C13H16O2. The van der Waals surface area contributed by atoms with Crippen molar-refractivity contribution < 1.29 is 9.53 Å². The van der Waals surface area contributed by atoms with E-state index in [0.717, 1.165) is 12.8 Å². The maximum atomic E-state index is 11.3. The quantitative estimate of drug-likeness (QED) is 0.708. The maximum absolute atomic E-state index is 11.3. The minimum atomic E-state index is -0.0534. The SMILES string of the molecule is CCC[C@H]1OC(=O)C[C@@H]1c1ccccc1. The molecule has 1 aliphatic heterocycles. The minimum Gasteiger partial charge on any atom is -0.462 e. The first-order chi connectivity index (χ1) is 7.31. The lowest BCUT2D eigenvalue weighted by Crippen LogP contribution is -2.13. The second-order valence-electron chi connectivity index (χ2n) is 4.04. The second-order valence-corrected chi connectivity index (χ2v) is 4.04. The van der Waals surface area contributed by atoms with Gasteiger partial charge in [0.1, 0.15) is 6.10 Å². The number of carbonyl (C=O) groups is 1. The van der Waals surface area contributed by atoms with Crippen molar-refractivity contribution in [2.24, 2.45) is 0 Å². The van der Waals surface area contributed by atoms with Gasteiger partial charge in [-0.3, -0.25) is 4.79 Å². The standard InChI is InChI=1S/C13H16O2/c1-2-6-12-11(9-13(14)15-12)10-7-4-3-5-8-10/h3-5,7-8,11-12H,2,6,9H2,1H3/t11-,12-/m1/s1. The van der Waals surface area contributed by atoms with Gasteiger partial charge in [-0.1, -0.05) is 43.7 Å². The van der Waals surface area contributed by atoms with Gasteiger partial charge in [-0.05, 0) is 12.0 Å². The fourth-order valence-electron chi connectivity index (χ4n) is 2.19. The average molecular weight is 204 g/mol. The fraction of sp³-hybridized carbons (Fsp3) is 0.462. The lowest BCUT2D eigenvalue weighted by molar-refractivity contribution is -0.141. The van der Waals surface area contributed by atoms with Crippen molar-refractivity contribution in [3.8, 4) is 0 Å². The molecule has 1 fully saturated rings. The van der Waals surface area contributed by atoms with E-state index in [1.165, 1.54) is 5.56 Å². The summed E-state index contributed by atoms with van der Waals surface area (Å²) in [5, 5.41) is 0. The molecule has 1 aromatic rings. The summed E-state index contributed by atoms with van der Waals surface area (Å²) >= 11 is 0. The van der Waals surface area contributed by atoms with E-state index in [0.29, 0.717) is 6.42 Å². The van der Waals surface area contributed by atoms with Gasteiger partial charge in [0.05, 0.1) is 6.42 Å². The van der Waals surface area contributed by atoms with Crippen molar-refractivity contribution in [3.05, 3.63) is 35.9 Å². The molecule has 0 amide bonds. The van der Waals surface area contributed by atoms with Crippen LogP contribution in [0.2, 0.25) is 0 Å². The van der Waals surface area contributed by atoms with Crippen LogP contribution in [0.3, 0.4) is 0 Å². The Morgan fingerprint density at radius 2 is 2.07 bits per heavy atom. The highest BCUT2D eigenvalue weighted by Gasteiger charge is 2.34. The monoisotopic (exact) mass is 204 g/mol. The fourth-order valence-corrected chi connectivity index (χ4v) is 2.19. The highest BCUT2D eigenvalue weighted by Crippen LogP contribution is 2.34. The van der Waals surface area contributed by atoms with E-state index in [-0.39, 0.29) is 18.0 Å². The second kappa shape index (κ2) is 4.47. The zero-order valence-corrected chi connectivity index (χ0v) is 8.98. The Morgan fingerprint density at radius 1 is 1.33 bits per heavy atom. The van der Waals surface area contributed by atoms with Gasteiger partial charge in [0, 0.05) is 5.92 Å². The van der Waals surface area contributed by atoms with E-state index in [1.807, 2.05) is 18.2 Å². The molecule has 0 aromatic heterocycles. The zero-order valence-electron chi connectivity index (χ0n) is 8.98. The smallest absolute Gasteiger partial charge is 0.306 e. The number of hydrogen-bond donors (Lipinski definition) is 0. The van der Waals surface area contributed by atoms with Crippen LogP contribution in [-0.4, -0.2) is 12.1 Å². The van der Waals surface area contributed by atoms with Crippen molar-refractivity contribution >= 4 is 5.97 Å². The van der Waals surface area contributed by atoms with E-state index in [2.05, 4.69) is 19.1 Å². The lowest BCUT2D eigenvalue weighted by Gasteiger charge is -2.16. The molecule has 2 heteroatoms. The Balaban J connectivity index is 2.17. The normalized spacial score (nSPS) is 25.3. The molecule has 0 spiro atoms. The van der Waals surface area contributed by atoms with Gasteiger partial charge in [-0.2, -0.15) is 0 Å². The number of ether oxygens (including phenoxy) is 1. The summed E-state index contributed by atoms with van der Waals surface area (Å²) in [6, 6.07) is 10.2.